The van der Waals surface area contributed by atoms with Crippen molar-refractivity contribution in [3.05, 3.63) is 48.3 Å². The van der Waals surface area contributed by atoms with E-state index < -0.39 is 10.0 Å². The third kappa shape index (κ3) is 4.24. The van der Waals surface area contributed by atoms with Crippen molar-refractivity contribution in [2.24, 2.45) is 0 Å². The highest BCUT2D eigenvalue weighted by molar-refractivity contribution is 7.89. The van der Waals surface area contributed by atoms with Crippen LogP contribution in [0.4, 0.5) is 0 Å². The highest BCUT2D eigenvalue weighted by Crippen LogP contribution is 2.24. The largest absolute Gasteiger partial charge is 0.381 e. The van der Waals surface area contributed by atoms with Crippen LogP contribution in [0.25, 0.3) is 0 Å². The van der Waals surface area contributed by atoms with Crippen molar-refractivity contribution in [2.75, 3.05) is 32.9 Å². The van der Waals surface area contributed by atoms with Crippen LogP contribution in [0.2, 0.25) is 0 Å². The molecule has 2 saturated heterocycles. The van der Waals surface area contributed by atoms with E-state index in [-0.39, 0.29) is 17.0 Å². The van der Waals surface area contributed by atoms with E-state index in [9.17, 15) is 8.42 Å². The first-order chi connectivity index (χ1) is 13.1. The van der Waals surface area contributed by atoms with Gasteiger partial charge in [0.1, 0.15) is 4.90 Å². The molecular weight excluding hydrogens is 366 g/mol. The van der Waals surface area contributed by atoms with E-state index in [4.69, 9.17) is 9.47 Å². The number of hydrogen-bond donors (Lipinski definition) is 0. The lowest BCUT2D eigenvalue weighted by molar-refractivity contribution is -0.000500. The summed E-state index contributed by atoms with van der Waals surface area (Å²) in [5, 5.41) is 4.31. The molecule has 0 bridgehead atoms. The van der Waals surface area contributed by atoms with Crippen LogP contribution >= 0.6 is 0 Å². The number of aromatic nitrogens is 2. The molecule has 146 valence electrons. The molecule has 1 aromatic heterocycles. The Balaban J connectivity index is 1.45. The summed E-state index contributed by atoms with van der Waals surface area (Å²) in [5.74, 6) is 0. The Hall–Kier alpha value is -1.74. The molecule has 2 aliphatic heterocycles. The topological polar surface area (TPSA) is 73.7 Å². The summed E-state index contributed by atoms with van der Waals surface area (Å²) in [7, 11) is -3.57. The number of benzene rings is 1. The predicted octanol–water partition coefficient (Wildman–Crippen LogP) is 1.87. The van der Waals surface area contributed by atoms with Gasteiger partial charge >= 0.3 is 0 Å². The van der Waals surface area contributed by atoms with Gasteiger partial charge in [-0.3, -0.25) is 4.68 Å². The van der Waals surface area contributed by atoms with Gasteiger partial charge in [0, 0.05) is 32.5 Å². The molecule has 1 atom stereocenters. The van der Waals surface area contributed by atoms with Crippen LogP contribution in [0.1, 0.15) is 24.4 Å². The van der Waals surface area contributed by atoms with E-state index in [0.29, 0.717) is 39.3 Å². The van der Waals surface area contributed by atoms with Gasteiger partial charge in [-0.25, -0.2) is 8.42 Å². The fourth-order valence-corrected chi connectivity index (χ4v) is 5.06. The molecule has 2 aliphatic rings. The van der Waals surface area contributed by atoms with Crippen LogP contribution in [0.3, 0.4) is 0 Å². The Morgan fingerprint density at radius 2 is 1.89 bits per heavy atom. The molecule has 3 heterocycles. The van der Waals surface area contributed by atoms with Gasteiger partial charge in [0.2, 0.25) is 10.0 Å². The highest BCUT2D eigenvalue weighted by atomic mass is 32.2. The maximum Gasteiger partial charge on any atom is 0.246 e. The van der Waals surface area contributed by atoms with E-state index in [2.05, 4.69) is 5.10 Å². The smallest absolute Gasteiger partial charge is 0.246 e. The normalized spacial score (nSPS) is 22.7. The molecule has 4 rings (SSSR count). The number of hydrogen-bond acceptors (Lipinski definition) is 5. The lowest BCUT2D eigenvalue weighted by Crippen LogP contribution is -2.46. The van der Waals surface area contributed by atoms with Gasteiger partial charge in [0.05, 0.1) is 24.9 Å². The molecular formula is C19H25N3O4S. The molecule has 27 heavy (non-hydrogen) atoms. The van der Waals surface area contributed by atoms with Gasteiger partial charge in [-0.1, -0.05) is 30.3 Å². The lowest BCUT2D eigenvalue weighted by Gasteiger charge is -2.32. The molecule has 7 nitrogen and oxygen atoms in total. The molecule has 0 radical (unpaired) electrons. The third-order valence-corrected chi connectivity index (χ3v) is 7.01. The number of rotatable bonds is 5. The second-order valence-electron chi connectivity index (χ2n) is 7.05. The van der Waals surface area contributed by atoms with E-state index in [0.717, 1.165) is 18.4 Å². The van der Waals surface area contributed by atoms with Crippen molar-refractivity contribution in [2.45, 2.75) is 36.3 Å². The van der Waals surface area contributed by atoms with E-state index >= 15 is 0 Å². The first-order valence-electron chi connectivity index (χ1n) is 9.40. The number of sulfonamides is 1. The molecule has 0 amide bonds. The molecule has 0 spiro atoms. The standard InChI is InChI=1S/C19H25N3O4S/c23-27(24,19-13-20-22(15-19)17-6-9-25-10-7-17)21-8-11-26-18(14-21)12-16-4-2-1-3-5-16/h1-5,13,15,17-18H,6-12,14H2. The maximum absolute atomic E-state index is 13.1. The molecule has 1 unspecified atom stereocenters. The Labute approximate surface area is 159 Å². The minimum Gasteiger partial charge on any atom is -0.381 e. The van der Waals surface area contributed by atoms with Crippen LogP contribution in [-0.4, -0.2) is 61.5 Å². The fourth-order valence-electron chi connectivity index (χ4n) is 3.66. The van der Waals surface area contributed by atoms with Crippen LogP contribution in [-0.2, 0) is 25.9 Å². The zero-order valence-corrected chi connectivity index (χ0v) is 16.1. The number of morpholine rings is 1. The number of ether oxygens (including phenoxy) is 2. The molecule has 2 fully saturated rings. The van der Waals surface area contributed by atoms with Crippen molar-refractivity contribution >= 4 is 10.0 Å². The SMILES string of the molecule is O=S(=O)(c1cnn(C2CCOCC2)c1)N1CCOC(Cc2ccccc2)C1. The van der Waals surface area contributed by atoms with Crippen LogP contribution < -0.4 is 0 Å². The average molecular weight is 391 g/mol. The Morgan fingerprint density at radius 1 is 1.11 bits per heavy atom. The second-order valence-corrected chi connectivity index (χ2v) is 8.98. The molecule has 0 aliphatic carbocycles. The van der Waals surface area contributed by atoms with Crippen molar-refractivity contribution in [3.8, 4) is 0 Å². The minimum atomic E-state index is -3.57. The summed E-state index contributed by atoms with van der Waals surface area (Å²) in [5.41, 5.74) is 1.15. The van der Waals surface area contributed by atoms with Crippen molar-refractivity contribution in [3.63, 3.8) is 0 Å². The summed E-state index contributed by atoms with van der Waals surface area (Å²) in [6.07, 6.45) is 5.41. The first-order valence-corrected chi connectivity index (χ1v) is 10.8. The summed E-state index contributed by atoms with van der Waals surface area (Å²) >= 11 is 0. The quantitative estimate of drug-likeness (QED) is 0.778. The zero-order chi connectivity index (χ0) is 18.7. The van der Waals surface area contributed by atoms with Gasteiger partial charge in [-0.15, -0.1) is 0 Å². The Morgan fingerprint density at radius 3 is 2.67 bits per heavy atom. The van der Waals surface area contributed by atoms with E-state index in [1.54, 1.807) is 10.9 Å². The maximum atomic E-state index is 13.1. The molecule has 0 N–H and O–H groups in total. The van der Waals surface area contributed by atoms with E-state index in [1.165, 1.54) is 10.5 Å². The summed E-state index contributed by atoms with van der Waals surface area (Å²) in [6.45, 7) is 2.52. The summed E-state index contributed by atoms with van der Waals surface area (Å²) < 4.78 is 40.6. The van der Waals surface area contributed by atoms with Crippen molar-refractivity contribution in [1.82, 2.24) is 14.1 Å². The van der Waals surface area contributed by atoms with Gasteiger partial charge in [0.25, 0.3) is 0 Å². The van der Waals surface area contributed by atoms with Gasteiger partial charge in [-0.2, -0.15) is 9.40 Å². The summed E-state index contributed by atoms with van der Waals surface area (Å²) in [4.78, 5) is 0.259. The van der Waals surface area contributed by atoms with Crippen LogP contribution in [0.5, 0.6) is 0 Å². The van der Waals surface area contributed by atoms with Crippen molar-refractivity contribution in [1.29, 1.82) is 0 Å². The monoisotopic (exact) mass is 391 g/mol. The minimum absolute atomic E-state index is 0.138. The average Bonchev–Trinajstić information content (AvgIpc) is 3.21. The van der Waals surface area contributed by atoms with Gasteiger partial charge < -0.3 is 9.47 Å². The van der Waals surface area contributed by atoms with Gasteiger partial charge in [0.15, 0.2) is 0 Å². The Bertz CT molecular complexity index is 847. The zero-order valence-electron chi connectivity index (χ0n) is 15.2. The molecule has 8 heteroatoms. The molecule has 1 aromatic carbocycles. The van der Waals surface area contributed by atoms with Crippen molar-refractivity contribution < 1.29 is 17.9 Å². The van der Waals surface area contributed by atoms with Crippen LogP contribution in [0.15, 0.2) is 47.6 Å². The highest BCUT2D eigenvalue weighted by Gasteiger charge is 2.32. The molecule has 2 aromatic rings. The summed E-state index contributed by atoms with van der Waals surface area (Å²) in [6, 6.07) is 10.2. The lowest BCUT2D eigenvalue weighted by atomic mass is 10.1. The fraction of sp³-hybridized carbons (Fsp3) is 0.526. The number of nitrogens with zero attached hydrogens (tertiary/aromatic N) is 3. The van der Waals surface area contributed by atoms with Crippen LogP contribution in [0, 0.1) is 0 Å². The second kappa shape index (κ2) is 8.10. The molecule has 0 saturated carbocycles. The van der Waals surface area contributed by atoms with E-state index in [1.807, 2.05) is 30.3 Å². The predicted molar refractivity (Wildman–Crippen MR) is 100.0 cm³/mol. The third-order valence-electron chi connectivity index (χ3n) is 5.19. The first kappa shape index (κ1) is 18.6. The Kier molecular flexibility index (Phi) is 5.58. The van der Waals surface area contributed by atoms with Gasteiger partial charge in [-0.05, 0) is 24.8 Å².